The smallest absolute Gasteiger partial charge is 0.0961 e. The Hall–Kier alpha value is -1.23. The summed E-state index contributed by atoms with van der Waals surface area (Å²) in [5, 5.41) is 13.8. The average Bonchev–Trinajstić information content (AvgIpc) is 2.87. The third kappa shape index (κ3) is 3.08. The molecule has 1 atom stereocenters. The van der Waals surface area contributed by atoms with E-state index in [4.69, 9.17) is 0 Å². The van der Waals surface area contributed by atoms with Gasteiger partial charge in [-0.2, -0.15) is 0 Å². The molecule has 0 spiro atoms. The van der Waals surface area contributed by atoms with Gasteiger partial charge in [0.15, 0.2) is 0 Å². The highest BCUT2D eigenvalue weighted by Gasteiger charge is 2.32. The first-order valence-electron chi connectivity index (χ1n) is 7.05. The molecule has 0 aliphatic carbocycles. The lowest BCUT2D eigenvalue weighted by Crippen LogP contribution is -2.47. The molecule has 106 valence electrons. The van der Waals surface area contributed by atoms with E-state index in [0.29, 0.717) is 6.42 Å². The number of hydrogen-bond donors (Lipinski definition) is 1. The molecule has 2 heterocycles. The van der Waals surface area contributed by atoms with Gasteiger partial charge in [-0.1, -0.05) is 30.3 Å². The molecule has 1 N–H and O–H groups in total. The molecule has 0 saturated carbocycles. The maximum Gasteiger partial charge on any atom is 0.0961 e. The number of aliphatic hydroxyl groups is 1. The summed E-state index contributed by atoms with van der Waals surface area (Å²) in [5.74, 6) is 0. The number of aromatic nitrogens is 1. The summed E-state index contributed by atoms with van der Waals surface area (Å²) >= 11 is 1.65. The Bertz CT molecular complexity index is 569. The van der Waals surface area contributed by atoms with E-state index in [1.807, 2.05) is 18.2 Å². The number of rotatable bonds is 3. The van der Waals surface area contributed by atoms with Crippen molar-refractivity contribution >= 4 is 11.3 Å². The third-order valence-corrected chi connectivity index (χ3v) is 4.70. The predicted octanol–water partition coefficient (Wildman–Crippen LogP) is 2.81. The minimum Gasteiger partial charge on any atom is -0.388 e. The van der Waals surface area contributed by atoms with Crippen LogP contribution in [0.5, 0.6) is 0 Å². The summed E-state index contributed by atoms with van der Waals surface area (Å²) in [5.41, 5.74) is 1.54. The van der Waals surface area contributed by atoms with Crippen LogP contribution in [0.25, 0.3) is 11.3 Å². The largest absolute Gasteiger partial charge is 0.388 e. The summed E-state index contributed by atoms with van der Waals surface area (Å²) in [6, 6.07) is 10.2. The molecule has 1 aliphatic heterocycles. The van der Waals surface area contributed by atoms with Crippen molar-refractivity contribution in [3.8, 4) is 11.3 Å². The van der Waals surface area contributed by atoms with Crippen molar-refractivity contribution < 1.29 is 5.11 Å². The first-order chi connectivity index (χ1) is 9.65. The highest BCUT2D eigenvalue weighted by Crippen LogP contribution is 2.28. The van der Waals surface area contributed by atoms with Crippen molar-refractivity contribution in [3.05, 3.63) is 40.7 Å². The van der Waals surface area contributed by atoms with Gasteiger partial charge in [0, 0.05) is 23.9 Å². The molecule has 3 rings (SSSR count). The molecule has 1 unspecified atom stereocenters. The van der Waals surface area contributed by atoms with Crippen molar-refractivity contribution in [2.24, 2.45) is 0 Å². The van der Waals surface area contributed by atoms with Crippen LogP contribution in [-0.4, -0.2) is 40.7 Å². The van der Waals surface area contributed by atoms with Crippen molar-refractivity contribution in [2.75, 3.05) is 20.1 Å². The van der Waals surface area contributed by atoms with Crippen LogP contribution in [0, 0.1) is 0 Å². The SMILES string of the molecule is CN1CCCC(O)(Cc2nc(-c3ccccc3)cs2)C1. The second kappa shape index (κ2) is 5.64. The summed E-state index contributed by atoms with van der Waals surface area (Å²) in [6.07, 6.45) is 2.59. The van der Waals surface area contributed by atoms with Crippen LogP contribution < -0.4 is 0 Å². The topological polar surface area (TPSA) is 36.4 Å². The Kier molecular flexibility index (Phi) is 3.87. The fraction of sp³-hybridized carbons (Fsp3) is 0.438. The van der Waals surface area contributed by atoms with Crippen molar-refractivity contribution in [2.45, 2.75) is 24.9 Å². The molecule has 1 aliphatic rings. The zero-order chi connectivity index (χ0) is 14.0. The zero-order valence-electron chi connectivity index (χ0n) is 11.7. The first kappa shape index (κ1) is 13.7. The molecule has 1 aromatic carbocycles. The number of piperidine rings is 1. The summed E-state index contributed by atoms with van der Waals surface area (Å²) in [7, 11) is 2.07. The Labute approximate surface area is 123 Å². The summed E-state index contributed by atoms with van der Waals surface area (Å²) in [6.45, 7) is 1.82. The van der Waals surface area contributed by atoms with Gasteiger partial charge in [0.1, 0.15) is 0 Å². The van der Waals surface area contributed by atoms with Gasteiger partial charge in [-0.3, -0.25) is 0 Å². The second-order valence-corrected chi connectivity index (χ2v) is 6.68. The number of likely N-dealkylation sites (N-methyl/N-ethyl adjacent to an activating group) is 1. The zero-order valence-corrected chi connectivity index (χ0v) is 12.6. The van der Waals surface area contributed by atoms with E-state index in [1.54, 1.807) is 11.3 Å². The highest BCUT2D eigenvalue weighted by atomic mass is 32.1. The van der Waals surface area contributed by atoms with Gasteiger partial charge in [-0.15, -0.1) is 11.3 Å². The molecule has 1 fully saturated rings. The maximum absolute atomic E-state index is 10.7. The number of thiazole rings is 1. The fourth-order valence-electron chi connectivity index (χ4n) is 2.90. The predicted molar refractivity (Wildman–Crippen MR) is 82.9 cm³/mol. The monoisotopic (exact) mass is 288 g/mol. The molecule has 0 radical (unpaired) electrons. The maximum atomic E-state index is 10.7. The van der Waals surface area contributed by atoms with Gasteiger partial charge >= 0.3 is 0 Å². The second-order valence-electron chi connectivity index (χ2n) is 5.73. The van der Waals surface area contributed by atoms with Crippen LogP contribution in [0.4, 0.5) is 0 Å². The number of benzene rings is 1. The minimum atomic E-state index is -0.612. The van der Waals surface area contributed by atoms with Crippen molar-refractivity contribution in [1.82, 2.24) is 9.88 Å². The van der Waals surface area contributed by atoms with Crippen LogP contribution in [-0.2, 0) is 6.42 Å². The number of likely N-dealkylation sites (tertiary alicyclic amines) is 1. The molecule has 1 aromatic heterocycles. The minimum absolute atomic E-state index is 0.612. The Morgan fingerprint density at radius 3 is 2.90 bits per heavy atom. The number of hydrogen-bond acceptors (Lipinski definition) is 4. The van der Waals surface area contributed by atoms with Gasteiger partial charge < -0.3 is 10.0 Å². The van der Waals surface area contributed by atoms with E-state index in [9.17, 15) is 5.11 Å². The molecule has 2 aromatic rings. The standard InChI is InChI=1S/C16H20N2OS/c1-18-9-5-8-16(19,12-18)10-15-17-14(11-20-15)13-6-3-2-4-7-13/h2-4,6-7,11,19H,5,8-10,12H2,1H3. The third-order valence-electron chi connectivity index (χ3n) is 3.85. The Morgan fingerprint density at radius 1 is 1.35 bits per heavy atom. The summed E-state index contributed by atoms with van der Waals surface area (Å²) < 4.78 is 0. The quantitative estimate of drug-likeness (QED) is 0.943. The molecule has 1 saturated heterocycles. The van der Waals surface area contributed by atoms with Crippen molar-refractivity contribution in [1.29, 1.82) is 0 Å². The van der Waals surface area contributed by atoms with Gasteiger partial charge in [0.2, 0.25) is 0 Å². The van der Waals surface area contributed by atoms with E-state index in [2.05, 4.69) is 34.4 Å². The number of nitrogens with zero attached hydrogens (tertiary/aromatic N) is 2. The van der Waals surface area contributed by atoms with E-state index < -0.39 is 5.60 Å². The van der Waals surface area contributed by atoms with Gasteiger partial charge in [0.05, 0.1) is 16.3 Å². The molecule has 0 amide bonds. The lowest BCUT2D eigenvalue weighted by Gasteiger charge is -2.36. The average molecular weight is 288 g/mol. The van der Waals surface area contributed by atoms with E-state index >= 15 is 0 Å². The van der Waals surface area contributed by atoms with Crippen LogP contribution in [0.2, 0.25) is 0 Å². The van der Waals surface area contributed by atoms with Gasteiger partial charge in [0.25, 0.3) is 0 Å². The van der Waals surface area contributed by atoms with Crippen LogP contribution >= 0.6 is 11.3 Å². The summed E-state index contributed by atoms with van der Waals surface area (Å²) in [4.78, 5) is 6.89. The van der Waals surface area contributed by atoms with Crippen LogP contribution in [0.15, 0.2) is 35.7 Å². The molecular formula is C16H20N2OS. The lowest BCUT2D eigenvalue weighted by atomic mass is 9.90. The van der Waals surface area contributed by atoms with Gasteiger partial charge in [-0.25, -0.2) is 4.98 Å². The molecule has 4 heteroatoms. The van der Waals surface area contributed by atoms with E-state index in [0.717, 1.165) is 42.2 Å². The lowest BCUT2D eigenvalue weighted by molar-refractivity contribution is -0.0223. The van der Waals surface area contributed by atoms with Crippen LogP contribution in [0.1, 0.15) is 17.8 Å². The normalized spacial score (nSPS) is 23.9. The van der Waals surface area contributed by atoms with E-state index in [1.165, 1.54) is 0 Å². The van der Waals surface area contributed by atoms with Crippen molar-refractivity contribution in [3.63, 3.8) is 0 Å². The highest BCUT2D eigenvalue weighted by molar-refractivity contribution is 7.09. The first-order valence-corrected chi connectivity index (χ1v) is 7.93. The molecule has 0 bridgehead atoms. The number of β-amino-alcohol motifs (C(OH)–C–C–N with tert-alkyl or cyclic N) is 1. The van der Waals surface area contributed by atoms with Gasteiger partial charge in [-0.05, 0) is 26.4 Å². The molecule has 3 nitrogen and oxygen atoms in total. The van der Waals surface area contributed by atoms with Crippen LogP contribution in [0.3, 0.4) is 0 Å². The molecular weight excluding hydrogens is 268 g/mol. The van der Waals surface area contributed by atoms with E-state index in [-0.39, 0.29) is 0 Å². The molecule has 20 heavy (non-hydrogen) atoms. The Balaban J connectivity index is 1.74. The Morgan fingerprint density at radius 2 is 2.15 bits per heavy atom. The fourth-order valence-corrected chi connectivity index (χ4v) is 3.84.